The first-order valence-corrected chi connectivity index (χ1v) is 14.1. The average Bonchev–Trinajstić information content (AvgIpc) is 2.86. The van der Waals surface area contributed by atoms with Gasteiger partial charge in [-0.3, -0.25) is 19.9 Å². The minimum absolute atomic E-state index is 0.0159. The summed E-state index contributed by atoms with van der Waals surface area (Å²) >= 11 is 0. The minimum atomic E-state index is -3.41. The van der Waals surface area contributed by atoms with Gasteiger partial charge in [0.2, 0.25) is 21.8 Å². The van der Waals surface area contributed by atoms with Crippen molar-refractivity contribution >= 4 is 27.7 Å². The van der Waals surface area contributed by atoms with E-state index in [1.807, 2.05) is 35.2 Å². The highest BCUT2D eigenvalue weighted by Crippen LogP contribution is 2.42. The van der Waals surface area contributed by atoms with Gasteiger partial charge in [-0.15, -0.1) is 0 Å². The van der Waals surface area contributed by atoms with Gasteiger partial charge in [0, 0.05) is 25.2 Å². The molecular weight excluding hydrogens is 492 g/mol. The highest BCUT2D eigenvalue weighted by Gasteiger charge is 2.53. The lowest BCUT2D eigenvalue weighted by atomic mass is 9.70. The standard InChI is InChI=1S/C26H36N6O4S/c1-18(24(33)30-17-19-8-10-21(11-9-19)23(27)28)26(25(29)34)16-22(20-6-4-3-5-7-20)12-14-32(26)15-13-31-37(2,35)36/h3-11,18,22,31H,12-17H2,1-2H3,(H3,27,28)(H2,29,34)(H,30,33)/t18-,22?,26?/m1/s1. The van der Waals surface area contributed by atoms with Gasteiger partial charge in [0.15, 0.2) is 0 Å². The number of amides is 2. The molecule has 2 aromatic carbocycles. The van der Waals surface area contributed by atoms with E-state index in [1.165, 1.54) is 0 Å². The summed E-state index contributed by atoms with van der Waals surface area (Å²) in [7, 11) is -3.41. The van der Waals surface area contributed by atoms with E-state index in [-0.39, 0.29) is 37.3 Å². The molecule has 0 aliphatic carbocycles. The molecule has 7 N–H and O–H groups in total. The normalized spacial score (nSPS) is 21.2. The molecule has 0 spiro atoms. The summed E-state index contributed by atoms with van der Waals surface area (Å²) in [6.45, 7) is 2.75. The number of likely N-dealkylation sites (tertiary alicyclic amines) is 1. The number of carbonyl (C=O) groups excluding carboxylic acids is 2. The predicted octanol–water partition coefficient (Wildman–Crippen LogP) is 0.876. The number of benzene rings is 2. The second-order valence-electron chi connectivity index (χ2n) is 9.59. The molecule has 3 atom stereocenters. The molecule has 37 heavy (non-hydrogen) atoms. The Morgan fingerprint density at radius 3 is 2.35 bits per heavy atom. The SMILES string of the molecule is C[C@H](C(=O)NCc1ccc(C(=N)N)cc1)C1(C(N)=O)CC(c2ccccc2)CCN1CCNS(C)(=O)=O. The fourth-order valence-electron chi connectivity index (χ4n) is 5.09. The van der Waals surface area contributed by atoms with Crippen molar-refractivity contribution in [2.75, 3.05) is 25.9 Å². The number of amidine groups is 1. The van der Waals surface area contributed by atoms with Crippen LogP contribution in [0.3, 0.4) is 0 Å². The predicted molar refractivity (Wildman–Crippen MR) is 143 cm³/mol. The summed E-state index contributed by atoms with van der Waals surface area (Å²) in [5, 5.41) is 10.4. The van der Waals surface area contributed by atoms with E-state index in [0.717, 1.165) is 23.8 Å². The van der Waals surface area contributed by atoms with Crippen LogP contribution in [0.5, 0.6) is 0 Å². The van der Waals surface area contributed by atoms with Gasteiger partial charge < -0.3 is 16.8 Å². The molecule has 2 unspecified atom stereocenters. The Morgan fingerprint density at radius 2 is 1.78 bits per heavy atom. The smallest absolute Gasteiger partial charge is 0.238 e. The van der Waals surface area contributed by atoms with Crippen molar-refractivity contribution in [2.24, 2.45) is 17.4 Å². The second kappa shape index (κ2) is 11.8. The summed E-state index contributed by atoms with van der Waals surface area (Å²) in [5.41, 5.74) is 12.7. The zero-order valence-corrected chi connectivity index (χ0v) is 22.1. The van der Waals surface area contributed by atoms with Gasteiger partial charge in [-0.2, -0.15) is 0 Å². The number of hydrogen-bond donors (Lipinski definition) is 5. The Hall–Kier alpha value is -3.28. The van der Waals surface area contributed by atoms with Gasteiger partial charge in [0.05, 0.1) is 12.2 Å². The Morgan fingerprint density at radius 1 is 1.14 bits per heavy atom. The van der Waals surface area contributed by atoms with Crippen LogP contribution in [0.4, 0.5) is 0 Å². The lowest BCUT2D eigenvalue weighted by molar-refractivity contribution is -0.146. The van der Waals surface area contributed by atoms with Crippen molar-refractivity contribution in [3.63, 3.8) is 0 Å². The van der Waals surface area contributed by atoms with Gasteiger partial charge in [-0.05, 0) is 36.4 Å². The molecule has 2 aromatic rings. The summed E-state index contributed by atoms with van der Waals surface area (Å²) in [5.74, 6) is -1.76. The van der Waals surface area contributed by atoms with Crippen molar-refractivity contribution < 1.29 is 18.0 Å². The van der Waals surface area contributed by atoms with Crippen LogP contribution in [-0.4, -0.2) is 62.4 Å². The Bertz CT molecular complexity index is 1220. The van der Waals surface area contributed by atoms with Crippen molar-refractivity contribution in [3.05, 3.63) is 71.3 Å². The van der Waals surface area contributed by atoms with E-state index in [2.05, 4.69) is 10.0 Å². The van der Waals surface area contributed by atoms with Crippen LogP contribution in [0.2, 0.25) is 0 Å². The molecule has 2 amide bonds. The number of hydrogen-bond acceptors (Lipinski definition) is 6. The lowest BCUT2D eigenvalue weighted by Gasteiger charge is -2.50. The summed E-state index contributed by atoms with van der Waals surface area (Å²) in [6, 6.07) is 16.8. The number of nitrogen functional groups attached to an aromatic ring is 1. The Balaban J connectivity index is 1.85. The van der Waals surface area contributed by atoms with E-state index >= 15 is 0 Å². The second-order valence-corrected chi connectivity index (χ2v) is 11.4. The van der Waals surface area contributed by atoms with Crippen molar-refractivity contribution in [1.82, 2.24) is 14.9 Å². The lowest BCUT2D eigenvalue weighted by Crippen LogP contribution is -2.67. The fraction of sp³-hybridized carbons (Fsp3) is 0.423. The quantitative estimate of drug-likeness (QED) is 0.214. The number of carbonyl (C=O) groups is 2. The number of primary amides is 1. The molecule has 1 saturated heterocycles. The molecule has 0 aromatic heterocycles. The third-order valence-electron chi connectivity index (χ3n) is 7.15. The first-order valence-electron chi connectivity index (χ1n) is 12.2. The van der Waals surface area contributed by atoms with Gasteiger partial charge in [-0.25, -0.2) is 13.1 Å². The molecule has 0 saturated carbocycles. The van der Waals surface area contributed by atoms with Crippen LogP contribution < -0.4 is 21.5 Å². The number of rotatable bonds is 11. The maximum absolute atomic E-state index is 13.4. The van der Waals surface area contributed by atoms with Crippen LogP contribution in [0.1, 0.15) is 42.4 Å². The van der Waals surface area contributed by atoms with Crippen LogP contribution in [0.15, 0.2) is 54.6 Å². The third kappa shape index (κ3) is 6.94. The summed E-state index contributed by atoms with van der Waals surface area (Å²) in [6.07, 6.45) is 2.16. The molecule has 1 aliphatic heterocycles. The molecular formula is C26H36N6O4S. The zero-order chi connectivity index (χ0) is 27.2. The van der Waals surface area contributed by atoms with Crippen LogP contribution >= 0.6 is 0 Å². The van der Waals surface area contributed by atoms with E-state index in [1.54, 1.807) is 31.2 Å². The van der Waals surface area contributed by atoms with E-state index < -0.39 is 27.4 Å². The average molecular weight is 529 g/mol. The van der Waals surface area contributed by atoms with Gasteiger partial charge >= 0.3 is 0 Å². The highest BCUT2D eigenvalue weighted by atomic mass is 32.2. The maximum Gasteiger partial charge on any atom is 0.238 e. The van der Waals surface area contributed by atoms with E-state index in [0.29, 0.717) is 18.5 Å². The highest BCUT2D eigenvalue weighted by molar-refractivity contribution is 7.88. The number of nitrogens with one attached hydrogen (secondary N) is 3. The van der Waals surface area contributed by atoms with Crippen LogP contribution in [0.25, 0.3) is 0 Å². The van der Waals surface area contributed by atoms with Crippen LogP contribution in [-0.2, 0) is 26.2 Å². The van der Waals surface area contributed by atoms with Gasteiger partial charge in [-0.1, -0.05) is 61.5 Å². The van der Waals surface area contributed by atoms with E-state index in [9.17, 15) is 18.0 Å². The zero-order valence-electron chi connectivity index (χ0n) is 21.2. The van der Waals surface area contributed by atoms with Crippen molar-refractivity contribution in [1.29, 1.82) is 5.41 Å². The maximum atomic E-state index is 13.4. The molecule has 200 valence electrons. The van der Waals surface area contributed by atoms with Gasteiger partial charge in [0.25, 0.3) is 0 Å². The van der Waals surface area contributed by atoms with E-state index in [4.69, 9.17) is 16.9 Å². The molecule has 0 radical (unpaired) electrons. The summed E-state index contributed by atoms with van der Waals surface area (Å²) < 4.78 is 25.7. The monoisotopic (exact) mass is 528 g/mol. The number of nitrogens with two attached hydrogens (primary N) is 2. The molecule has 10 nitrogen and oxygen atoms in total. The van der Waals surface area contributed by atoms with Crippen molar-refractivity contribution in [3.8, 4) is 0 Å². The first-order chi connectivity index (χ1) is 17.4. The van der Waals surface area contributed by atoms with Crippen molar-refractivity contribution in [2.45, 2.75) is 37.8 Å². The Labute approximate surface area is 218 Å². The largest absolute Gasteiger partial charge is 0.384 e. The molecule has 0 bridgehead atoms. The number of piperidine rings is 1. The molecule has 1 fully saturated rings. The van der Waals surface area contributed by atoms with Gasteiger partial charge in [0.1, 0.15) is 11.4 Å². The summed E-state index contributed by atoms with van der Waals surface area (Å²) in [4.78, 5) is 28.4. The topological polar surface area (TPSA) is 171 Å². The van der Waals surface area contributed by atoms with Crippen LogP contribution in [0, 0.1) is 11.3 Å². The first kappa shape index (κ1) is 28.3. The molecule has 1 heterocycles. The molecule has 1 aliphatic rings. The third-order valence-corrected chi connectivity index (χ3v) is 7.88. The number of nitrogens with zero attached hydrogens (tertiary/aromatic N) is 1. The Kier molecular flexibility index (Phi) is 9.06. The number of sulfonamides is 1. The fourth-order valence-corrected chi connectivity index (χ4v) is 5.55. The minimum Gasteiger partial charge on any atom is -0.384 e. The molecule has 11 heteroatoms. The molecule has 3 rings (SSSR count).